The molecule has 4 rings (SSSR count). The minimum absolute atomic E-state index is 0.00977. The summed E-state index contributed by atoms with van der Waals surface area (Å²) < 4.78 is 23.3. The molecule has 2 N–H and O–H groups in total. The second-order valence-corrected chi connectivity index (χ2v) is 11.3. The van der Waals surface area contributed by atoms with Gasteiger partial charge in [-0.2, -0.15) is 0 Å². The topological polar surface area (TPSA) is 87.6 Å². The third-order valence-corrected chi connectivity index (χ3v) is 8.80. The number of hydrogen-bond donors (Lipinski definition) is 2. The van der Waals surface area contributed by atoms with Crippen LogP contribution in [0.3, 0.4) is 0 Å². The summed E-state index contributed by atoms with van der Waals surface area (Å²) in [5.74, 6) is 0.345. The Labute approximate surface area is 170 Å². The van der Waals surface area contributed by atoms with Crippen LogP contribution >= 0.6 is 11.8 Å². The number of carbonyl (C=O) groups is 1. The first-order chi connectivity index (χ1) is 13.5. The normalized spacial score (nSPS) is 27.4. The molecule has 2 heterocycles. The zero-order valence-corrected chi connectivity index (χ0v) is 17.5. The summed E-state index contributed by atoms with van der Waals surface area (Å²) in [6.07, 6.45) is 8.37. The molecule has 152 valence electrons. The number of sulfone groups is 1. The Balaban J connectivity index is 1.32. The van der Waals surface area contributed by atoms with Crippen molar-refractivity contribution in [3.05, 3.63) is 29.8 Å². The maximum atomic E-state index is 12.5. The number of hydrogen-bond acceptors (Lipinski definition) is 6. The lowest BCUT2D eigenvalue weighted by molar-refractivity contribution is 0.0930. The van der Waals surface area contributed by atoms with Gasteiger partial charge in [-0.05, 0) is 37.1 Å². The van der Waals surface area contributed by atoms with Crippen molar-refractivity contribution in [1.29, 1.82) is 0 Å². The number of aliphatic imine (C=N–C) groups is 1. The molecule has 28 heavy (non-hydrogen) atoms. The zero-order valence-electron chi connectivity index (χ0n) is 15.9. The summed E-state index contributed by atoms with van der Waals surface area (Å²) in [4.78, 5) is 17.0. The van der Waals surface area contributed by atoms with Gasteiger partial charge in [0.05, 0.1) is 17.5 Å². The molecular formula is C20H27N3O3S2. The Morgan fingerprint density at radius 2 is 1.68 bits per heavy atom. The number of amidine groups is 1. The van der Waals surface area contributed by atoms with Gasteiger partial charge in [-0.25, -0.2) is 8.42 Å². The van der Waals surface area contributed by atoms with E-state index in [2.05, 4.69) is 15.6 Å². The van der Waals surface area contributed by atoms with Gasteiger partial charge in [0.15, 0.2) is 15.0 Å². The summed E-state index contributed by atoms with van der Waals surface area (Å²) in [7, 11) is -2.93. The lowest BCUT2D eigenvalue weighted by atomic mass is 9.96. The summed E-state index contributed by atoms with van der Waals surface area (Å²) in [6, 6.07) is 7.55. The van der Waals surface area contributed by atoms with Crippen LogP contribution in [0.1, 0.15) is 55.3 Å². The van der Waals surface area contributed by atoms with Crippen molar-refractivity contribution in [2.45, 2.75) is 62.3 Å². The van der Waals surface area contributed by atoms with Gasteiger partial charge in [0, 0.05) is 22.5 Å². The molecule has 0 spiro atoms. The summed E-state index contributed by atoms with van der Waals surface area (Å²) >= 11 is 1.50. The van der Waals surface area contributed by atoms with Crippen molar-refractivity contribution >= 4 is 38.4 Å². The number of rotatable bonds is 3. The lowest BCUT2D eigenvalue weighted by Gasteiger charge is -2.21. The van der Waals surface area contributed by atoms with Crippen LogP contribution in [0.2, 0.25) is 0 Å². The van der Waals surface area contributed by atoms with Crippen molar-refractivity contribution in [2.75, 3.05) is 16.8 Å². The molecule has 2 atom stereocenters. The van der Waals surface area contributed by atoms with Crippen LogP contribution in [0.5, 0.6) is 0 Å². The molecule has 0 unspecified atom stereocenters. The van der Waals surface area contributed by atoms with Crippen molar-refractivity contribution < 1.29 is 13.2 Å². The van der Waals surface area contributed by atoms with E-state index in [0.29, 0.717) is 5.56 Å². The fourth-order valence-corrected chi connectivity index (χ4v) is 7.79. The number of benzene rings is 1. The maximum Gasteiger partial charge on any atom is 0.251 e. The van der Waals surface area contributed by atoms with Crippen molar-refractivity contribution in [3.63, 3.8) is 0 Å². The van der Waals surface area contributed by atoms with Crippen LogP contribution in [0, 0.1) is 0 Å². The van der Waals surface area contributed by atoms with E-state index in [0.717, 1.165) is 23.7 Å². The standard InChI is InChI=1S/C20H27N3O3S2/c24-19(21-15-6-4-2-1-3-5-7-15)14-8-10-16(11-9-14)22-20-23-17-12-28(25,26)13-18(17)27-20/h8-11,15,17-18H,1-7,12-13H2,(H,21,24)(H,22,23)/t17-,18-/m1/s1. The highest BCUT2D eigenvalue weighted by molar-refractivity contribution is 8.15. The van der Waals surface area contributed by atoms with Gasteiger partial charge in [0.1, 0.15) is 0 Å². The number of nitrogens with zero attached hydrogens (tertiary/aromatic N) is 1. The smallest absolute Gasteiger partial charge is 0.251 e. The van der Waals surface area contributed by atoms with Gasteiger partial charge < -0.3 is 10.6 Å². The third-order valence-electron chi connectivity index (χ3n) is 5.66. The van der Waals surface area contributed by atoms with E-state index in [1.807, 2.05) is 24.3 Å². The van der Waals surface area contributed by atoms with Crippen LogP contribution in [0.15, 0.2) is 29.3 Å². The molecule has 1 amide bonds. The number of amides is 1. The first-order valence-corrected chi connectivity index (χ1v) is 12.8. The van der Waals surface area contributed by atoms with E-state index in [1.165, 1.54) is 43.9 Å². The average molecular weight is 422 g/mol. The minimum Gasteiger partial charge on any atom is -0.349 e. The summed E-state index contributed by atoms with van der Waals surface area (Å²) in [5, 5.41) is 7.22. The molecule has 0 radical (unpaired) electrons. The molecule has 8 heteroatoms. The monoisotopic (exact) mass is 421 g/mol. The zero-order chi connectivity index (χ0) is 19.6. The highest BCUT2D eigenvalue weighted by Gasteiger charge is 2.42. The molecule has 1 saturated carbocycles. The van der Waals surface area contributed by atoms with Gasteiger partial charge in [0.25, 0.3) is 5.91 Å². The van der Waals surface area contributed by atoms with E-state index < -0.39 is 9.84 Å². The van der Waals surface area contributed by atoms with E-state index in [9.17, 15) is 13.2 Å². The minimum atomic E-state index is -2.93. The molecule has 3 aliphatic rings. The molecule has 6 nitrogen and oxygen atoms in total. The Bertz CT molecular complexity index is 844. The molecule has 1 aromatic rings. The first-order valence-electron chi connectivity index (χ1n) is 10.1. The second-order valence-electron chi connectivity index (χ2n) is 7.95. The van der Waals surface area contributed by atoms with Gasteiger partial charge in [-0.15, -0.1) is 0 Å². The number of fused-ring (bicyclic) bond motifs is 1. The fourth-order valence-electron chi connectivity index (χ4n) is 4.11. The first kappa shape index (κ1) is 19.8. The third kappa shape index (κ3) is 4.89. The molecular weight excluding hydrogens is 394 g/mol. The van der Waals surface area contributed by atoms with Gasteiger partial charge in [-0.1, -0.05) is 43.9 Å². The van der Waals surface area contributed by atoms with Crippen molar-refractivity contribution in [2.24, 2.45) is 4.99 Å². The second kappa shape index (κ2) is 8.45. The molecule has 1 aromatic carbocycles. The molecule has 1 aliphatic carbocycles. The highest BCUT2D eigenvalue weighted by atomic mass is 32.2. The summed E-state index contributed by atoms with van der Waals surface area (Å²) in [5.41, 5.74) is 1.52. The van der Waals surface area contributed by atoms with Crippen LogP contribution in [-0.4, -0.2) is 48.3 Å². The molecule has 0 bridgehead atoms. The van der Waals surface area contributed by atoms with Crippen LogP contribution in [0.25, 0.3) is 0 Å². The van der Waals surface area contributed by atoms with E-state index in [1.54, 1.807) is 0 Å². The van der Waals surface area contributed by atoms with Crippen LogP contribution < -0.4 is 10.6 Å². The highest BCUT2D eigenvalue weighted by Crippen LogP contribution is 2.34. The molecule has 2 fully saturated rings. The van der Waals surface area contributed by atoms with Gasteiger partial charge in [-0.3, -0.25) is 9.79 Å². The predicted octanol–water partition coefficient (Wildman–Crippen LogP) is 3.21. The average Bonchev–Trinajstić information content (AvgIpc) is 3.10. The number of carbonyl (C=O) groups excluding carboxylic acids is 1. The maximum absolute atomic E-state index is 12.5. The van der Waals surface area contributed by atoms with Crippen LogP contribution in [0.4, 0.5) is 5.69 Å². The lowest BCUT2D eigenvalue weighted by Crippen LogP contribution is -2.35. The molecule has 2 aliphatic heterocycles. The quantitative estimate of drug-likeness (QED) is 0.782. The fraction of sp³-hybridized carbons (Fsp3) is 0.600. The van der Waals surface area contributed by atoms with Gasteiger partial charge >= 0.3 is 0 Å². The van der Waals surface area contributed by atoms with Gasteiger partial charge in [0.2, 0.25) is 0 Å². The van der Waals surface area contributed by atoms with Crippen molar-refractivity contribution in [3.8, 4) is 0 Å². The predicted molar refractivity (Wildman–Crippen MR) is 115 cm³/mol. The Morgan fingerprint density at radius 3 is 2.36 bits per heavy atom. The molecule has 0 aromatic heterocycles. The van der Waals surface area contributed by atoms with E-state index in [-0.39, 0.29) is 34.7 Å². The SMILES string of the molecule is O=C(NC1CCCCCCC1)c1ccc(NC2=N[C@@H]3CS(=O)(=O)C[C@H]3S2)cc1. The number of anilines is 1. The Hall–Kier alpha value is -1.54. The Morgan fingerprint density at radius 1 is 1.00 bits per heavy atom. The Kier molecular flexibility index (Phi) is 5.96. The largest absolute Gasteiger partial charge is 0.349 e. The van der Waals surface area contributed by atoms with Crippen LogP contribution in [-0.2, 0) is 9.84 Å². The summed E-state index contributed by atoms with van der Waals surface area (Å²) in [6.45, 7) is 0. The molecule has 1 saturated heterocycles. The number of thioether (sulfide) groups is 1. The van der Waals surface area contributed by atoms with E-state index >= 15 is 0 Å². The van der Waals surface area contributed by atoms with Crippen molar-refractivity contribution in [1.82, 2.24) is 5.32 Å². The van der Waals surface area contributed by atoms with E-state index in [4.69, 9.17) is 0 Å². The number of nitrogens with one attached hydrogen (secondary N) is 2.